The van der Waals surface area contributed by atoms with Crippen LogP contribution in [0, 0.1) is 11.7 Å². The Balaban J connectivity index is 1.53. The van der Waals surface area contributed by atoms with E-state index in [1.807, 2.05) is 92.8 Å². The van der Waals surface area contributed by atoms with Crippen molar-refractivity contribution in [3.63, 3.8) is 0 Å². The van der Waals surface area contributed by atoms with Gasteiger partial charge in [0.05, 0.1) is 6.54 Å². The molecule has 0 aliphatic heterocycles. The SMILES string of the molecule is CC(C)CN(CC(=O)N(Cc1ccccc1)Cc1cccn1Cc1ccc(F)cc1)C(=O)/C=C/c1ccccc1. The van der Waals surface area contributed by atoms with Crippen molar-refractivity contribution < 1.29 is 14.0 Å². The highest BCUT2D eigenvalue weighted by atomic mass is 19.1. The fourth-order valence-corrected chi connectivity index (χ4v) is 4.54. The molecule has 0 N–H and O–H groups in total. The minimum atomic E-state index is -0.268. The number of rotatable bonds is 12. The van der Waals surface area contributed by atoms with Crippen molar-refractivity contribution in [1.82, 2.24) is 14.4 Å². The number of benzene rings is 3. The average Bonchev–Trinajstić information content (AvgIpc) is 3.39. The van der Waals surface area contributed by atoms with Gasteiger partial charge in [-0.15, -0.1) is 0 Å². The van der Waals surface area contributed by atoms with Crippen molar-refractivity contribution in [2.45, 2.75) is 33.5 Å². The number of nitrogens with zero attached hydrogens (tertiary/aromatic N) is 3. The van der Waals surface area contributed by atoms with E-state index in [0.29, 0.717) is 26.2 Å². The van der Waals surface area contributed by atoms with Gasteiger partial charge in [0.25, 0.3) is 0 Å². The standard InChI is InChI=1S/C34H36FN3O2/c1-27(2)22-37(33(39)20-17-28-10-5-3-6-11-28)26-34(40)38(24-29-12-7-4-8-13-29)25-32-14-9-21-36(32)23-30-15-18-31(35)19-16-30/h3-21,27H,22-26H2,1-2H3/b20-17+. The maximum absolute atomic E-state index is 13.8. The molecule has 0 radical (unpaired) electrons. The summed E-state index contributed by atoms with van der Waals surface area (Å²) in [5.74, 6) is -0.377. The van der Waals surface area contributed by atoms with E-state index in [1.54, 1.807) is 34.1 Å². The van der Waals surface area contributed by atoms with E-state index in [2.05, 4.69) is 4.57 Å². The van der Waals surface area contributed by atoms with Crippen molar-refractivity contribution in [1.29, 1.82) is 0 Å². The number of halogens is 1. The molecule has 6 heteroatoms. The molecule has 0 aliphatic carbocycles. The van der Waals surface area contributed by atoms with Gasteiger partial charge >= 0.3 is 0 Å². The van der Waals surface area contributed by atoms with Gasteiger partial charge in [-0.1, -0.05) is 86.6 Å². The van der Waals surface area contributed by atoms with Crippen LogP contribution in [0.5, 0.6) is 0 Å². The third-order valence-corrected chi connectivity index (χ3v) is 6.55. The summed E-state index contributed by atoms with van der Waals surface area (Å²) in [4.78, 5) is 30.4. The summed E-state index contributed by atoms with van der Waals surface area (Å²) in [7, 11) is 0. The lowest BCUT2D eigenvalue weighted by Gasteiger charge is -2.28. The van der Waals surface area contributed by atoms with Gasteiger partial charge in [0.15, 0.2) is 0 Å². The molecular formula is C34H36FN3O2. The Morgan fingerprint density at radius 2 is 1.48 bits per heavy atom. The number of carbonyl (C=O) groups is 2. The third kappa shape index (κ3) is 8.53. The molecule has 5 nitrogen and oxygen atoms in total. The van der Waals surface area contributed by atoms with Crippen LogP contribution in [-0.2, 0) is 29.2 Å². The topological polar surface area (TPSA) is 45.6 Å². The van der Waals surface area contributed by atoms with Crippen molar-refractivity contribution in [2.75, 3.05) is 13.1 Å². The molecule has 206 valence electrons. The number of aromatic nitrogens is 1. The van der Waals surface area contributed by atoms with Gasteiger partial charge in [-0.2, -0.15) is 0 Å². The third-order valence-electron chi connectivity index (χ3n) is 6.55. The van der Waals surface area contributed by atoms with E-state index in [0.717, 1.165) is 22.4 Å². The summed E-state index contributed by atoms with van der Waals surface area (Å²) >= 11 is 0. The smallest absolute Gasteiger partial charge is 0.247 e. The first kappa shape index (κ1) is 28.6. The van der Waals surface area contributed by atoms with Gasteiger partial charge in [-0.3, -0.25) is 9.59 Å². The molecule has 3 aromatic carbocycles. The van der Waals surface area contributed by atoms with Crippen LogP contribution in [0.1, 0.15) is 36.2 Å². The summed E-state index contributed by atoms with van der Waals surface area (Å²) in [5, 5.41) is 0. The zero-order chi connectivity index (χ0) is 28.3. The van der Waals surface area contributed by atoms with E-state index < -0.39 is 0 Å². The van der Waals surface area contributed by atoms with Crippen LogP contribution in [0.3, 0.4) is 0 Å². The molecular weight excluding hydrogens is 501 g/mol. The first-order chi connectivity index (χ1) is 19.4. The normalized spacial score (nSPS) is 11.2. The lowest BCUT2D eigenvalue weighted by molar-refractivity contribution is -0.139. The van der Waals surface area contributed by atoms with E-state index in [4.69, 9.17) is 0 Å². The quantitative estimate of drug-likeness (QED) is 0.196. The maximum Gasteiger partial charge on any atom is 0.247 e. The van der Waals surface area contributed by atoms with E-state index in [1.165, 1.54) is 12.1 Å². The number of carbonyl (C=O) groups excluding carboxylic acids is 2. The molecule has 0 spiro atoms. The maximum atomic E-state index is 13.8. The Kier molecular flexibility index (Phi) is 10.1. The minimum absolute atomic E-state index is 0.0123. The molecule has 4 aromatic rings. The molecule has 0 fully saturated rings. The lowest BCUT2D eigenvalue weighted by Crippen LogP contribution is -2.43. The molecule has 0 atom stereocenters. The summed E-state index contributed by atoms with van der Waals surface area (Å²) < 4.78 is 15.5. The summed E-state index contributed by atoms with van der Waals surface area (Å²) in [6.07, 6.45) is 5.29. The molecule has 1 aromatic heterocycles. The molecule has 0 unspecified atom stereocenters. The molecule has 0 saturated heterocycles. The Labute approximate surface area is 236 Å². The monoisotopic (exact) mass is 537 g/mol. The molecule has 2 amide bonds. The second kappa shape index (κ2) is 14.1. The zero-order valence-electron chi connectivity index (χ0n) is 23.1. The highest BCUT2D eigenvalue weighted by molar-refractivity contribution is 5.94. The summed E-state index contributed by atoms with van der Waals surface area (Å²) in [6, 6.07) is 29.9. The Hall–Kier alpha value is -4.45. The second-order valence-electron chi connectivity index (χ2n) is 10.3. The molecule has 0 saturated carbocycles. The number of hydrogen-bond donors (Lipinski definition) is 0. The van der Waals surface area contributed by atoms with E-state index in [-0.39, 0.29) is 30.1 Å². The molecule has 40 heavy (non-hydrogen) atoms. The fraction of sp³-hybridized carbons (Fsp3) is 0.235. The van der Waals surface area contributed by atoms with Gasteiger partial charge in [0.1, 0.15) is 12.4 Å². The van der Waals surface area contributed by atoms with Crippen LogP contribution >= 0.6 is 0 Å². The van der Waals surface area contributed by atoms with Crippen LogP contribution in [0.25, 0.3) is 6.08 Å². The highest BCUT2D eigenvalue weighted by Crippen LogP contribution is 2.15. The zero-order valence-corrected chi connectivity index (χ0v) is 23.1. The largest absolute Gasteiger partial charge is 0.345 e. The van der Waals surface area contributed by atoms with Crippen LogP contribution in [0.4, 0.5) is 4.39 Å². The first-order valence-electron chi connectivity index (χ1n) is 13.6. The average molecular weight is 538 g/mol. The predicted molar refractivity (Wildman–Crippen MR) is 158 cm³/mol. The molecule has 1 heterocycles. The van der Waals surface area contributed by atoms with Crippen LogP contribution in [0.15, 0.2) is 109 Å². The first-order valence-corrected chi connectivity index (χ1v) is 13.6. The van der Waals surface area contributed by atoms with E-state index >= 15 is 0 Å². The van der Waals surface area contributed by atoms with Crippen molar-refractivity contribution >= 4 is 17.9 Å². The van der Waals surface area contributed by atoms with Gasteiger partial charge in [-0.25, -0.2) is 4.39 Å². The van der Waals surface area contributed by atoms with Gasteiger partial charge in [-0.05, 0) is 52.9 Å². The van der Waals surface area contributed by atoms with Crippen LogP contribution in [-0.4, -0.2) is 39.3 Å². The number of hydrogen-bond acceptors (Lipinski definition) is 2. The van der Waals surface area contributed by atoms with E-state index in [9.17, 15) is 14.0 Å². The van der Waals surface area contributed by atoms with Crippen molar-refractivity contribution in [3.8, 4) is 0 Å². The van der Waals surface area contributed by atoms with Crippen LogP contribution in [0.2, 0.25) is 0 Å². The Morgan fingerprint density at radius 3 is 2.15 bits per heavy atom. The van der Waals surface area contributed by atoms with Crippen molar-refractivity contribution in [2.24, 2.45) is 5.92 Å². The minimum Gasteiger partial charge on any atom is -0.345 e. The van der Waals surface area contributed by atoms with Crippen LogP contribution < -0.4 is 0 Å². The second-order valence-corrected chi connectivity index (χ2v) is 10.3. The molecule has 0 aliphatic rings. The molecule has 0 bridgehead atoms. The lowest BCUT2D eigenvalue weighted by atomic mass is 10.1. The van der Waals surface area contributed by atoms with Gasteiger partial charge in [0.2, 0.25) is 11.8 Å². The van der Waals surface area contributed by atoms with Gasteiger partial charge in [0, 0.05) is 37.6 Å². The highest BCUT2D eigenvalue weighted by Gasteiger charge is 2.22. The summed E-state index contributed by atoms with van der Waals surface area (Å²) in [6.45, 7) is 5.91. The Bertz CT molecular complexity index is 1400. The number of amides is 2. The van der Waals surface area contributed by atoms with Crippen molar-refractivity contribution in [3.05, 3.63) is 138 Å². The molecule has 4 rings (SSSR count). The Morgan fingerprint density at radius 1 is 0.800 bits per heavy atom. The van der Waals surface area contributed by atoms with Gasteiger partial charge < -0.3 is 14.4 Å². The summed E-state index contributed by atoms with van der Waals surface area (Å²) in [5.41, 5.74) is 3.87. The predicted octanol–water partition coefficient (Wildman–Crippen LogP) is 6.40. The fourth-order valence-electron chi connectivity index (χ4n) is 4.54.